The molecule has 1 aliphatic carbocycles. The van der Waals surface area contributed by atoms with Gasteiger partial charge in [-0.25, -0.2) is 13.6 Å². The second-order valence-corrected chi connectivity index (χ2v) is 8.34. The highest BCUT2D eigenvalue weighted by Gasteiger charge is 2.36. The number of furan rings is 1. The minimum absolute atomic E-state index is 0.0358. The van der Waals surface area contributed by atoms with E-state index in [2.05, 4.69) is 28.9 Å². The molecule has 2 N–H and O–H groups in total. The van der Waals surface area contributed by atoms with Gasteiger partial charge >= 0.3 is 0 Å². The van der Waals surface area contributed by atoms with Gasteiger partial charge < -0.3 is 4.42 Å². The summed E-state index contributed by atoms with van der Waals surface area (Å²) in [5.41, 5.74) is 0. The Morgan fingerprint density at radius 2 is 1.86 bits per heavy atom. The molecule has 2 fully saturated rings. The van der Waals surface area contributed by atoms with Gasteiger partial charge in [-0.3, -0.25) is 9.80 Å². The van der Waals surface area contributed by atoms with Crippen molar-refractivity contribution in [1.29, 1.82) is 0 Å². The Hall–Kier alpha value is -0.890. The average molecular weight is 327 g/mol. The lowest BCUT2D eigenvalue weighted by molar-refractivity contribution is 0.125. The summed E-state index contributed by atoms with van der Waals surface area (Å²) in [4.78, 5) is 4.51. The zero-order chi connectivity index (χ0) is 15.7. The first-order valence-corrected chi connectivity index (χ1v) is 9.66. The Balaban J connectivity index is 1.43. The summed E-state index contributed by atoms with van der Waals surface area (Å²) in [7, 11) is -3.36. The fourth-order valence-corrected chi connectivity index (χ4v) is 3.56. The van der Waals surface area contributed by atoms with Crippen LogP contribution in [0.15, 0.2) is 16.5 Å². The maximum Gasteiger partial charge on any atom is 0.210 e. The number of nitrogens with zero attached hydrogens (tertiary/aromatic N) is 2. The van der Waals surface area contributed by atoms with Gasteiger partial charge in [0.05, 0.1) is 12.3 Å². The third-order valence-corrected chi connectivity index (χ3v) is 5.45. The fraction of sp³-hybridized carbons (Fsp3) is 0.733. The topological polar surface area (TPSA) is 79.8 Å². The highest BCUT2D eigenvalue weighted by atomic mass is 32.2. The summed E-state index contributed by atoms with van der Waals surface area (Å²) < 4.78 is 27.9. The lowest BCUT2D eigenvalue weighted by Crippen LogP contribution is -2.47. The Labute approximate surface area is 132 Å². The molecule has 1 saturated heterocycles. The maximum absolute atomic E-state index is 11.0. The van der Waals surface area contributed by atoms with Crippen LogP contribution in [0.2, 0.25) is 0 Å². The molecule has 1 saturated carbocycles. The van der Waals surface area contributed by atoms with Gasteiger partial charge in [-0.05, 0) is 24.5 Å². The summed E-state index contributed by atoms with van der Waals surface area (Å²) in [6, 6.07) is 4.21. The Morgan fingerprint density at radius 3 is 2.45 bits per heavy atom. The molecule has 6 nitrogen and oxygen atoms in total. The van der Waals surface area contributed by atoms with E-state index in [9.17, 15) is 8.42 Å². The number of primary sulfonamides is 1. The largest absolute Gasteiger partial charge is 0.464 e. The van der Waals surface area contributed by atoms with Crippen molar-refractivity contribution in [1.82, 2.24) is 9.80 Å². The number of hydrogen-bond donors (Lipinski definition) is 1. The maximum atomic E-state index is 11.0. The van der Waals surface area contributed by atoms with Gasteiger partial charge in [0, 0.05) is 38.6 Å². The zero-order valence-corrected chi connectivity index (χ0v) is 13.9. The number of nitrogens with two attached hydrogens (primary N) is 1. The summed E-state index contributed by atoms with van der Waals surface area (Å²) in [5.74, 6) is 3.60. The summed E-state index contributed by atoms with van der Waals surface area (Å²) >= 11 is 0. The molecular formula is C15H25N3O3S. The molecule has 22 heavy (non-hydrogen) atoms. The summed E-state index contributed by atoms with van der Waals surface area (Å²) in [6.07, 6.45) is 1.25. The first kappa shape index (κ1) is 16.0. The van der Waals surface area contributed by atoms with Crippen LogP contribution < -0.4 is 5.14 Å². The summed E-state index contributed by atoms with van der Waals surface area (Å²) in [5, 5.41) is 5.05. The van der Waals surface area contributed by atoms with Gasteiger partial charge in [0.15, 0.2) is 0 Å². The standard InChI is InChI=1S/C15H25N3O3S/c1-12-10-14(12)15-3-2-13(21-15)11-18-6-4-17(5-7-18)8-9-22(16,19)20/h2-3,12,14H,4-11H2,1H3,(H2,16,19,20)/t12-,14+/m1/s1. The molecule has 0 radical (unpaired) electrons. The van der Waals surface area contributed by atoms with E-state index in [1.165, 1.54) is 6.42 Å². The van der Waals surface area contributed by atoms with E-state index < -0.39 is 10.0 Å². The molecule has 124 valence electrons. The Bertz CT molecular complexity index is 605. The van der Waals surface area contributed by atoms with Crippen LogP contribution in [0.3, 0.4) is 0 Å². The number of sulfonamides is 1. The molecule has 1 aliphatic heterocycles. The van der Waals surface area contributed by atoms with Crippen LogP contribution in [0, 0.1) is 5.92 Å². The van der Waals surface area contributed by atoms with Gasteiger partial charge in [-0.2, -0.15) is 0 Å². The van der Waals surface area contributed by atoms with Crippen LogP contribution in [-0.2, 0) is 16.6 Å². The van der Waals surface area contributed by atoms with Gasteiger partial charge in [0.1, 0.15) is 11.5 Å². The van der Waals surface area contributed by atoms with Crippen LogP contribution in [0.4, 0.5) is 0 Å². The first-order valence-electron chi connectivity index (χ1n) is 7.94. The Morgan fingerprint density at radius 1 is 1.23 bits per heavy atom. The summed E-state index contributed by atoms with van der Waals surface area (Å²) in [6.45, 7) is 7.24. The van der Waals surface area contributed by atoms with Crippen molar-refractivity contribution in [2.75, 3.05) is 38.5 Å². The molecule has 2 atom stereocenters. The number of rotatable bonds is 6. The van der Waals surface area contributed by atoms with Crippen LogP contribution >= 0.6 is 0 Å². The number of piperazine rings is 1. The molecular weight excluding hydrogens is 302 g/mol. The van der Waals surface area contributed by atoms with Crippen molar-refractivity contribution in [3.63, 3.8) is 0 Å². The van der Waals surface area contributed by atoms with Crippen LogP contribution in [0.5, 0.6) is 0 Å². The van der Waals surface area contributed by atoms with E-state index in [1.807, 2.05) is 0 Å². The van der Waals surface area contributed by atoms with E-state index in [0.29, 0.717) is 12.5 Å². The third-order valence-electron chi connectivity index (χ3n) is 4.69. The molecule has 3 rings (SSSR count). The van der Waals surface area contributed by atoms with E-state index >= 15 is 0 Å². The molecule has 2 aliphatic rings. The van der Waals surface area contributed by atoms with Crippen LogP contribution in [-0.4, -0.2) is 56.7 Å². The monoisotopic (exact) mass is 327 g/mol. The second-order valence-electron chi connectivity index (χ2n) is 6.61. The van der Waals surface area contributed by atoms with Crippen molar-refractivity contribution in [2.45, 2.75) is 25.8 Å². The average Bonchev–Trinajstić information content (AvgIpc) is 3.00. The molecule has 0 aromatic carbocycles. The van der Waals surface area contributed by atoms with Crippen molar-refractivity contribution >= 4 is 10.0 Å². The van der Waals surface area contributed by atoms with Gasteiger partial charge in [0.25, 0.3) is 0 Å². The lowest BCUT2D eigenvalue weighted by atomic mass is 10.2. The fourth-order valence-electron chi connectivity index (χ4n) is 3.05. The second kappa shape index (κ2) is 6.31. The Kier molecular flexibility index (Phi) is 4.59. The highest BCUT2D eigenvalue weighted by molar-refractivity contribution is 7.89. The predicted molar refractivity (Wildman–Crippen MR) is 84.9 cm³/mol. The highest BCUT2D eigenvalue weighted by Crippen LogP contribution is 2.47. The molecule has 1 aromatic heterocycles. The number of hydrogen-bond acceptors (Lipinski definition) is 5. The molecule has 2 heterocycles. The molecule has 1 aromatic rings. The molecule has 0 amide bonds. The molecule has 7 heteroatoms. The minimum atomic E-state index is -3.36. The molecule has 0 unspecified atom stereocenters. The van der Waals surface area contributed by atoms with Gasteiger partial charge in [-0.15, -0.1) is 0 Å². The smallest absolute Gasteiger partial charge is 0.210 e. The van der Waals surface area contributed by atoms with E-state index in [-0.39, 0.29) is 5.75 Å². The predicted octanol–water partition coefficient (Wildman–Crippen LogP) is 0.809. The SMILES string of the molecule is C[C@@H]1C[C@@H]1c1ccc(CN2CCN(CCS(N)(=O)=O)CC2)o1. The van der Waals surface area contributed by atoms with Gasteiger partial charge in [0.2, 0.25) is 10.0 Å². The van der Waals surface area contributed by atoms with Crippen molar-refractivity contribution < 1.29 is 12.8 Å². The molecule has 0 spiro atoms. The lowest BCUT2D eigenvalue weighted by Gasteiger charge is -2.33. The van der Waals surface area contributed by atoms with E-state index in [4.69, 9.17) is 9.56 Å². The van der Waals surface area contributed by atoms with Crippen molar-refractivity contribution in [3.05, 3.63) is 23.7 Å². The van der Waals surface area contributed by atoms with Gasteiger partial charge in [-0.1, -0.05) is 6.92 Å². The van der Waals surface area contributed by atoms with E-state index in [0.717, 1.165) is 50.2 Å². The minimum Gasteiger partial charge on any atom is -0.464 e. The van der Waals surface area contributed by atoms with Crippen molar-refractivity contribution in [3.8, 4) is 0 Å². The first-order chi connectivity index (χ1) is 10.4. The van der Waals surface area contributed by atoms with Crippen LogP contribution in [0.1, 0.15) is 30.8 Å². The third kappa shape index (κ3) is 4.32. The normalized spacial score (nSPS) is 27.2. The molecule has 0 bridgehead atoms. The van der Waals surface area contributed by atoms with Crippen LogP contribution in [0.25, 0.3) is 0 Å². The quantitative estimate of drug-likeness (QED) is 0.836. The van der Waals surface area contributed by atoms with E-state index in [1.54, 1.807) is 0 Å². The van der Waals surface area contributed by atoms with Crippen molar-refractivity contribution in [2.24, 2.45) is 11.1 Å². The zero-order valence-electron chi connectivity index (χ0n) is 13.1.